The number of nitrogens with one attached hydrogen (secondary N) is 1. The van der Waals surface area contributed by atoms with Gasteiger partial charge in [-0.1, -0.05) is 53.5 Å². The maximum atomic E-state index is 13.4. The summed E-state index contributed by atoms with van der Waals surface area (Å²) in [6, 6.07) is 13.8. The van der Waals surface area contributed by atoms with Gasteiger partial charge in [-0.15, -0.1) is 11.3 Å². The second kappa shape index (κ2) is 9.84. The number of fused-ring (bicyclic) bond motifs is 1. The summed E-state index contributed by atoms with van der Waals surface area (Å²) in [6.45, 7) is 7.23. The van der Waals surface area contributed by atoms with Gasteiger partial charge in [0.1, 0.15) is 10.7 Å². The number of likely N-dealkylation sites (tertiary alicyclic amines) is 1. The standard InChI is InChI=1S/C27H29Cl2N3O2S2/c1-26(2,3)36(34)31-23-18-8-5-4-7-17(18)15-27(23)11-13-32(14-12-27)25(33)21-16-35-24(30-21)22-19(28)9-6-10-20(22)29/h4-10,16,23,31H,11-15H2,1-3H3/t23-,36+/m1/s1. The summed E-state index contributed by atoms with van der Waals surface area (Å²) in [5, 5.41) is 3.46. The van der Waals surface area contributed by atoms with E-state index in [1.165, 1.54) is 22.5 Å². The molecule has 1 saturated heterocycles. The molecule has 0 unspecified atom stereocenters. The third-order valence-corrected chi connectivity index (χ3v) is 10.3. The topological polar surface area (TPSA) is 62.3 Å². The fourth-order valence-corrected chi connectivity index (χ4v) is 7.73. The lowest BCUT2D eigenvalue weighted by Crippen LogP contribution is -2.49. The Balaban J connectivity index is 1.34. The molecule has 5 nitrogen and oxygen atoms in total. The Morgan fingerprint density at radius 3 is 2.44 bits per heavy atom. The Morgan fingerprint density at radius 1 is 1.11 bits per heavy atom. The highest BCUT2D eigenvalue weighted by atomic mass is 35.5. The van der Waals surface area contributed by atoms with Crippen LogP contribution in [0.25, 0.3) is 10.6 Å². The number of thiazole rings is 1. The largest absolute Gasteiger partial charge is 0.337 e. The SMILES string of the molecule is CC(C)(C)[S@](=O)N[C@@H]1c2ccccc2CC12CCN(C(=O)c1csc(-c3c(Cl)cccc3Cl)n1)CC2. The highest BCUT2D eigenvalue weighted by molar-refractivity contribution is 7.84. The maximum absolute atomic E-state index is 13.4. The van der Waals surface area contributed by atoms with Crippen LogP contribution in [0.15, 0.2) is 47.8 Å². The van der Waals surface area contributed by atoms with Gasteiger partial charge in [0.05, 0.1) is 31.8 Å². The number of carbonyl (C=O) groups is 1. The van der Waals surface area contributed by atoms with Crippen LogP contribution in [0, 0.1) is 5.41 Å². The second-order valence-electron chi connectivity index (χ2n) is 10.6. The van der Waals surface area contributed by atoms with E-state index < -0.39 is 11.0 Å². The summed E-state index contributed by atoms with van der Waals surface area (Å²) in [7, 11) is -1.19. The summed E-state index contributed by atoms with van der Waals surface area (Å²) in [6.07, 6.45) is 2.59. The molecular formula is C27H29Cl2N3O2S2. The van der Waals surface area contributed by atoms with Crippen molar-refractivity contribution in [3.63, 3.8) is 0 Å². The first-order chi connectivity index (χ1) is 17.1. The zero-order valence-corrected chi connectivity index (χ0v) is 23.7. The fraction of sp³-hybridized carbons (Fsp3) is 0.407. The van der Waals surface area contributed by atoms with Gasteiger partial charge in [0.2, 0.25) is 0 Å². The molecule has 1 amide bonds. The molecule has 2 atom stereocenters. The van der Waals surface area contributed by atoms with Crippen LogP contribution < -0.4 is 4.72 Å². The quantitative estimate of drug-likeness (QED) is 0.386. The highest BCUT2D eigenvalue weighted by Crippen LogP contribution is 2.52. The van der Waals surface area contributed by atoms with Crippen LogP contribution in [0.1, 0.15) is 61.3 Å². The van der Waals surface area contributed by atoms with Gasteiger partial charge >= 0.3 is 0 Å². The molecule has 190 valence electrons. The summed E-state index contributed by atoms with van der Waals surface area (Å²) in [4.78, 5) is 19.8. The Labute approximate surface area is 228 Å². The fourth-order valence-electron chi connectivity index (χ4n) is 5.23. The Hall–Kier alpha value is -1.77. The minimum Gasteiger partial charge on any atom is -0.337 e. The van der Waals surface area contributed by atoms with E-state index in [0.717, 1.165) is 19.3 Å². The molecule has 1 spiro atoms. The number of hydrogen-bond acceptors (Lipinski definition) is 4. The molecule has 36 heavy (non-hydrogen) atoms. The van der Waals surface area contributed by atoms with Gasteiger partial charge in [-0.25, -0.2) is 13.9 Å². The molecule has 0 saturated carbocycles. The predicted octanol–water partition coefficient (Wildman–Crippen LogP) is 6.69. The number of benzene rings is 2. The summed E-state index contributed by atoms with van der Waals surface area (Å²) in [5.41, 5.74) is 3.55. The van der Waals surface area contributed by atoms with Crippen molar-refractivity contribution in [2.45, 2.75) is 50.8 Å². The number of halogens is 2. The van der Waals surface area contributed by atoms with Crippen LogP contribution in [0.4, 0.5) is 0 Å². The Kier molecular flexibility index (Phi) is 7.07. The molecule has 0 radical (unpaired) electrons. The van der Waals surface area contributed by atoms with E-state index in [1.807, 2.05) is 25.7 Å². The molecule has 2 aliphatic rings. The predicted molar refractivity (Wildman–Crippen MR) is 149 cm³/mol. The van der Waals surface area contributed by atoms with E-state index in [-0.39, 0.29) is 22.1 Å². The lowest BCUT2D eigenvalue weighted by atomic mass is 9.73. The Morgan fingerprint density at radius 2 is 1.78 bits per heavy atom. The zero-order chi connectivity index (χ0) is 25.7. The van der Waals surface area contributed by atoms with Gasteiger partial charge in [0.25, 0.3) is 5.91 Å². The van der Waals surface area contributed by atoms with Crippen molar-refractivity contribution >= 4 is 51.4 Å². The molecule has 0 bridgehead atoms. The minimum atomic E-state index is -1.19. The minimum absolute atomic E-state index is 0.000695. The lowest BCUT2D eigenvalue weighted by molar-refractivity contribution is 0.0523. The van der Waals surface area contributed by atoms with Crippen molar-refractivity contribution in [2.24, 2.45) is 5.41 Å². The van der Waals surface area contributed by atoms with Crippen LogP contribution in [0.5, 0.6) is 0 Å². The lowest BCUT2D eigenvalue weighted by Gasteiger charge is -2.43. The molecule has 9 heteroatoms. The van der Waals surface area contributed by atoms with Gasteiger partial charge in [-0.05, 0) is 68.7 Å². The number of carbonyl (C=O) groups excluding carboxylic acids is 1. The number of aromatic nitrogens is 1. The van der Waals surface area contributed by atoms with Crippen molar-refractivity contribution in [2.75, 3.05) is 13.1 Å². The van der Waals surface area contributed by atoms with Gasteiger partial charge in [-0.2, -0.15) is 0 Å². The zero-order valence-electron chi connectivity index (χ0n) is 20.5. The average molecular weight is 563 g/mol. The molecule has 1 fully saturated rings. The van der Waals surface area contributed by atoms with Gasteiger partial charge in [0.15, 0.2) is 0 Å². The van der Waals surface area contributed by atoms with Crippen LogP contribution in [-0.2, 0) is 17.4 Å². The van der Waals surface area contributed by atoms with E-state index in [0.29, 0.717) is 39.4 Å². The third kappa shape index (κ3) is 4.76. The summed E-state index contributed by atoms with van der Waals surface area (Å²) >= 11 is 14.1. The number of rotatable bonds is 4. The molecule has 2 heterocycles. The van der Waals surface area contributed by atoms with Crippen LogP contribution in [0.3, 0.4) is 0 Å². The summed E-state index contributed by atoms with van der Waals surface area (Å²) < 4.78 is 16.2. The molecule has 1 aromatic heterocycles. The van der Waals surface area contributed by atoms with Crippen molar-refractivity contribution in [3.8, 4) is 10.6 Å². The van der Waals surface area contributed by atoms with E-state index in [4.69, 9.17) is 23.2 Å². The number of hydrogen-bond donors (Lipinski definition) is 1. The first-order valence-corrected chi connectivity index (χ1v) is 14.8. The maximum Gasteiger partial charge on any atom is 0.273 e. The average Bonchev–Trinajstić information content (AvgIpc) is 3.42. The van der Waals surface area contributed by atoms with Gasteiger partial charge < -0.3 is 4.90 Å². The van der Waals surface area contributed by atoms with Gasteiger partial charge in [0, 0.05) is 24.0 Å². The monoisotopic (exact) mass is 561 g/mol. The number of nitrogens with zero attached hydrogens (tertiary/aromatic N) is 2. The van der Waals surface area contributed by atoms with E-state index >= 15 is 0 Å². The highest BCUT2D eigenvalue weighted by Gasteiger charge is 2.49. The van der Waals surface area contributed by atoms with Crippen molar-refractivity contribution in [3.05, 3.63) is 74.7 Å². The molecule has 1 aliphatic carbocycles. The third-order valence-electron chi connectivity index (χ3n) is 7.25. The second-order valence-corrected chi connectivity index (χ2v) is 14.3. The van der Waals surface area contributed by atoms with Crippen molar-refractivity contribution in [1.82, 2.24) is 14.6 Å². The summed E-state index contributed by atoms with van der Waals surface area (Å²) in [5.74, 6) is -0.0752. The van der Waals surface area contributed by atoms with Crippen molar-refractivity contribution < 1.29 is 9.00 Å². The van der Waals surface area contributed by atoms with Gasteiger partial charge in [-0.3, -0.25) is 4.79 Å². The smallest absolute Gasteiger partial charge is 0.273 e. The van der Waals surface area contributed by atoms with Crippen LogP contribution >= 0.6 is 34.5 Å². The Bertz CT molecular complexity index is 1310. The molecule has 5 rings (SSSR count). The number of piperidine rings is 1. The molecule has 1 aliphatic heterocycles. The van der Waals surface area contributed by atoms with Crippen LogP contribution in [0.2, 0.25) is 10.0 Å². The molecule has 1 N–H and O–H groups in total. The van der Waals surface area contributed by atoms with E-state index in [1.54, 1.807) is 23.6 Å². The van der Waals surface area contributed by atoms with Crippen molar-refractivity contribution in [1.29, 1.82) is 0 Å². The van der Waals surface area contributed by atoms with E-state index in [9.17, 15) is 9.00 Å². The first kappa shape index (κ1) is 25.9. The molecule has 3 aromatic rings. The van der Waals surface area contributed by atoms with E-state index in [2.05, 4.69) is 34.0 Å². The normalized spacial score (nSPS) is 19.9. The number of amides is 1. The molecular weight excluding hydrogens is 533 g/mol. The molecule has 2 aromatic carbocycles. The van der Waals surface area contributed by atoms with Crippen LogP contribution in [-0.4, -0.2) is 37.8 Å². The first-order valence-electron chi connectivity index (χ1n) is 12.0.